The van der Waals surface area contributed by atoms with E-state index in [4.69, 9.17) is 4.42 Å². The van der Waals surface area contributed by atoms with E-state index >= 15 is 0 Å². The molecule has 154 valence electrons. The van der Waals surface area contributed by atoms with Gasteiger partial charge in [-0.25, -0.2) is 0 Å². The summed E-state index contributed by atoms with van der Waals surface area (Å²) in [5, 5.41) is 7.65. The van der Waals surface area contributed by atoms with Crippen molar-refractivity contribution in [3.63, 3.8) is 0 Å². The molecule has 7 heteroatoms. The molecule has 0 fully saturated rings. The van der Waals surface area contributed by atoms with Crippen molar-refractivity contribution in [2.45, 2.75) is 13.0 Å². The third-order valence-electron chi connectivity index (χ3n) is 4.42. The van der Waals surface area contributed by atoms with Gasteiger partial charge in [-0.1, -0.05) is 30.3 Å². The number of amides is 1. The van der Waals surface area contributed by atoms with Crippen molar-refractivity contribution in [3.8, 4) is 0 Å². The SMILES string of the molecule is CN=C(NCCc1cccc(C(=O)N(C)C)c1)NCc1cc2ccccc2o1.I. The van der Waals surface area contributed by atoms with E-state index in [1.54, 1.807) is 26.0 Å². The standard InChI is InChI=1S/C22H26N4O2.HI/c1-23-22(25-15-19-14-17-8-4-5-10-20(17)28-19)24-12-11-16-7-6-9-18(13-16)21(27)26(2)3;/h4-10,13-14H,11-12,15H2,1-3H3,(H2,23,24,25);1H. The predicted octanol–water partition coefficient (Wildman–Crippen LogP) is 3.66. The second kappa shape index (κ2) is 10.8. The van der Waals surface area contributed by atoms with Crippen LogP contribution in [0, 0.1) is 0 Å². The highest BCUT2D eigenvalue weighted by molar-refractivity contribution is 14.0. The van der Waals surface area contributed by atoms with Crippen molar-refractivity contribution in [2.75, 3.05) is 27.7 Å². The maximum atomic E-state index is 12.1. The molecule has 0 bridgehead atoms. The highest BCUT2D eigenvalue weighted by Gasteiger charge is 2.08. The van der Waals surface area contributed by atoms with Crippen molar-refractivity contribution in [1.82, 2.24) is 15.5 Å². The second-order valence-electron chi connectivity index (χ2n) is 6.75. The third kappa shape index (κ3) is 6.22. The minimum Gasteiger partial charge on any atom is -0.459 e. The monoisotopic (exact) mass is 506 g/mol. The Hall–Kier alpha value is -2.55. The quantitative estimate of drug-likeness (QED) is 0.304. The van der Waals surface area contributed by atoms with Gasteiger partial charge in [0, 0.05) is 38.6 Å². The molecule has 1 amide bonds. The fourth-order valence-electron chi connectivity index (χ4n) is 2.96. The molecule has 0 saturated heterocycles. The van der Waals surface area contributed by atoms with E-state index in [1.807, 2.05) is 54.6 Å². The highest BCUT2D eigenvalue weighted by atomic mass is 127. The van der Waals surface area contributed by atoms with Gasteiger partial charge in [-0.2, -0.15) is 0 Å². The Kier molecular flexibility index (Phi) is 8.50. The van der Waals surface area contributed by atoms with Gasteiger partial charge >= 0.3 is 0 Å². The molecule has 3 aromatic rings. The van der Waals surface area contributed by atoms with Gasteiger partial charge in [-0.05, 0) is 36.2 Å². The first-order chi connectivity index (χ1) is 13.6. The van der Waals surface area contributed by atoms with Gasteiger partial charge in [-0.3, -0.25) is 9.79 Å². The van der Waals surface area contributed by atoms with Gasteiger partial charge in [0.2, 0.25) is 0 Å². The summed E-state index contributed by atoms with van der Waals surface area (Å²) >= 11 is 0. The zero-order chi connectivity index (χ0) is 19.9. The lowest BCUT2D eigenvalue weighted by atomic mass is 10.1. The highest BCUT2D eigenvalue weighted by Crippen LogP contribution is 2.18. The first kappa shape index (κ1) is 22.7. The Labute approximate surface area is 188 Å². The number of aliphatic imine (C=N–C) groups is 1. The topological polar surface area (TPSA) is 69.9 Å². The Morgan fingerprint density at radius 3 is 2.59 bits per heavy atom. The van der Waals surface area contributed by atoms with Crippen molar-refractivity contribution in [2.24, 2.45) is 4.99 Å². The van der Waals surface area contributed by atoms with Crippen LogP contribution in [0.1, 0.15) is 21.7 Å². The number of carbonyl (C=O) groups is 1. The van der Waals surface area contributed by atoms with Gasteiger partial charge in [0.1, 0.15) is 11.3 Å². The van der Waals surface area contributed by atoms with Gasteiger partial charge in [0.25, 0.3) is 5.91 Å². The van der Waals surface area contributed by atoms with E-state index in [1.165, 1.54) is 0 Å². The molecule has 1 aromatic heterocycles. The summed E-state index contributed by atoms with van der Waals surface area (Å²) in [5.41, 5.74) is 2.69. The Balaban J connectivity index is 0.00000300. The molecule has 0 spiro atoms. The summed E-state index contributed by atoms with van der Waals surface area (Å²) in [7, 11) is 5.26. The first-order valence-corrected chi connectivity index (χ1v) is 9.29. The number of carbonyl (C=O) groups excluding carboxylic acids is 1. The summed E-state index contributed by atoms with van der Waals surface area (Å²) in [4.78, 5) is 17.9. The van der Waals surface area contributed by atoms with Crippen LogP contribution in [-0.4, -0.2) is 44.5 Å². The van der Waals surface area contributed by atoms with Gasteiger partial charge in [0.05, 0.1) is 6.54 Å². The van der Waals surface area contributed by atoms with E-state index in [-0.39, 0.29) is 29.9 Å². The Morgan fingerprint density at radius 2 is 1.86 bits per heavy atom. The maximum absolute atomic E-state index is 12.1. The van der Waals surface area contributed by atoms with Crippen LogP contribution in [0.3, 0.4) is 0 Å². The van der Waals surface area contributed by atoms with E-state index < -0.39 is 0 Å². The summed E-state index contributed by atoms with van der Waals surface area (Å²) in [6.07, 6.45) is 0.792. The van der Waals surface area contributed by atoms with Gasteiger partial charge in [-0.15, -0.1) is 24.0 Å². The van der Waals surface area contributed by atoms with Crippen LogP contribution in [0.5, 0.6) is 0 Å². The third-order valence-corrected chi connectivity index (χ3v) is 4.42. The van der Waals surface area contributed by atoms with Gasteiger partial charge in [0.15, 0.2) is 5.96 Å². The van der Waals surface area contributed by atoms with Crippen LogP contribution < -0.4 is 10.6 Å². The number of furan rings is 1. The molecule has 0 radical (unpaired) electrons. The molecule has 0 atom stereocenters. The van der Waals surface area contributed by atoms with Crippen molar-refractivity contribution < 1.29 is 9.21 Å². The number of benzene rings is 2. The lowest BCUT2D eigenvalue weighted by molar-refractivity contribution is 0.0827. The number of hydrogen-bond donors (Lipinski definition) is 2. The number of nitrogens with one attached hydrogen (secondary N) is 2. The van der Waals surface area contributed by atoms with E-state index in [0.717, 1.165) is 28.7 Å². The smallest absolute Gasteiger partial charge is 0.253 e. The van der Waals surface area contributed by atoms with E-state index in [0.29, 0.717) is 24.6 Å². The second-order valence-corrected chi connectivity index (χ2v) is 6.75. The number of fused-ring (bicyclic) bond motifs is 1. The molecule has 2 N–H and O–H groups in total. The predicted molar refractivity (Wildman–Crippen MR) is 128 cm³/mol. The average molecular weight is 506 g/mol. The molecule has 0 unspecified atom stereocenters. The molecular formula is C22H27IN4O2. The lowest BCUT2D eigenvalue weighted by Gasteiger charge is -2.13. The molecule has 3 rings (SSSR count). The van der Waals surface area contributed by atoms with Crippen LogP contribution in [0.2, 0.25) is 0 Å². The van der Waals surface area contributed by atoms with Crippen LogP contribution in [-0.2, 0) is 13.0 Å². The molecule has 0 aliphatic rings. The Bertz CT molecular complexity index is 949. The van der Waals surface area contributed by atoms with Gasteiger partial charge < -0.3 is 20.0 Å². The van der Waals surface area contributed by atoms with Crippen molar-refractivity contribution in [3.05, 3.63) is 71.5 Å². The summed E-state index contributed by atoms with van der Waals surface area (Å²) in [6, 6.07) is 17.7. The number of nitrogens with zero attached hydrogens (tertiary/aromatic N) is 2. The number of hydrogen-bond acceptors (Lipinski definition) is 3. The molecule has 6 nitrogen and oxygen atoms in total. The van der Waals surface area contributed by atoms with Crippen LogP contribution >= 0.6 is 24.0 Å². The molecule has 1 heterocycles. The van der Waals surface area contributed by atoms with E-state index in [2.05, 4.69) is 15.6 Å². The number of para-hydroxylation sites is 1. The summed E-state index contributed by atoms with van der Waals surface area (Å²) in [5.74, 6) is 1.58. The van der Waals surface area contributed by atoms with Crippen molar-refractivity contribution >= 4 is 46.8 Å². The average Bonchev–Trinajstić information content (AvgIpc) is 3.13. The first-order valence-electron chi connectivity index (χ1n) is 9.29. The van der Waals surface area contributed by atoms with Crippen LogP contribution in [0.15, 0.2) is 64.0 Å². The normalized spacial score (nSPS) is 11.1. The molecular weight excluding hydrogens is 479 g/mol. The van der Waals surface area contributed by atoms with Crippen LogP contribution in [0.4, 0.5) is 0 Å². The fraction of sp³-hybridized carbons (Fsp3) is 0.273. The zero-order valence-corrected chi connectivity index (χ0v) is 19.3. The van der Waals surface area contributed by atoms with Crippen molar-refractivity contribution in [1.29, 1.82) is 0 Å². The number of halogens is 1. The summed E-state index contributed by atoms with van der Waals surface area (Å²) < 4.78 is 5.81. The molecule has 0 saturated carbocycles. The molecule has 2 aromatic carbocycles. The maximum Gasteiger partial charge on any atom is 0.253 e. The Morgan fingerprint density at radius 1 is 1.07 bits per heavy atom. The summed E-state index contributed by atoms with van der Waals surface area (Å²) in [6.45, 7) is 1.26. The number of rotatable bonds is 6. The molecule has 29 heavy (non-hydrogen) atoms. The molecule has 0 aliphatic carbocycles. The minimum atomic E-state index is 0. The van der Waals surface area contributed by atoms with E-state index in [9.17, 15) is 4.79 Å². The van der Waals surface area contributed by atoms with Crippen LogP contribution in [0.25, 0.3) is 11.0 Å². The largest absolute Gasteiger partial charge is 0.459 e. The zero-order valence-electron chi connectivity index (χ0n) is 16.9. The lowest BCUT2D eigenvalue weighted by Crippen LogP contribution is -2.37. The fourth-order valence-corrected chi connectivity index (χ4v) is 2.96. The number of guanidine groups is 1. The minimum absolute atomic E-state index is 0. The molecule has 0 aliphatic heterocycles.